The highest BCUT2D eigenvalue weighted by Gasteiger charge is 2.13. The summed E-state index contributed by atoms with van der Waals surface area (Å²) < 4.78 is 5.73. The smallest absolute Gasteiger partial charge is 0.222 e. The van der Waals surface area contributed by atoms with E-state index in [1.807, 2.05) is 30.3 Å². The van der Waals surface area contributed by atoms with E-state index < -0.39 is 0 Å². The Hall–Kier alpha value is -2.81. The highest BCUT2D eigenvalue weighted by Crippen LogP contribution is 2.27. The Morgan fingerprint density at radius 1 is 1.04 bits per heavy atom. The molecule has 0 atom stereocenters. The predicted octanol–water partition coefficient (Wildman–Crippen LogP) is 3.53. The summed E-state index contributed by atoms with van der Waals surface area (Å²) in [6.45, 7) is 2.91. The molecular formula is C18H23N5O. The van der Waals surface area contributed by atoms with Gasteiger partial charge in [-0.1, -0.05) is 32.6 Å². The second-order valence-electron chi connectivity index (χ2n) is 5.59. The summed E-state index contributed by atoms with van der Waals surface area (Å²) in [5.41, 5.74) is 12.8. The Kier molecular flexibility index (Phi) is 6.38. The van der Waals surface area contributed by atoms with Gasteiger partial charge in [-0.15, -0.1) is 0 Å². The molecule has 6 heteroatoms. The average molecular weight is 325 g/mol. The first-order valence-electron chi connectivity index (χ1n) is 8.22. The van der Waals surface area contributed by atoms with Crippen LogP contribution in [0.25, 0.3) is 11.3 Å². The largest absolute Gasteiger partial charge is 0.494 e. The molecule has 126 valence electrons. The Bertz CT molecular complexity index is 707. The molecule has 1 aromatic heterocycles. The maximum Gasteiger partial charge on any atom is 0.222 e. The van der Waals surface area contributed by atoms with Gasteiger partial charge in [0.1, 0.15) is 23.2 Å². The molecule has 6 nitrogen and oxygen atoms in total. The Morgan fingerprint density at radius 3 is 2.42 bits per heavy atom. The number of nitrogens with zero attached hydrogens (tertiary/aromatic N) is 3. The maximum atomic E-state index is 9.24. The molecule has 0 saturated carbocycles. The number of anilines is 2. The molecule has 1 heterocycles. The zero-order valence-corrected chi connectivity index (χ0v) is 14.0. The van der Waals surface area contributed by atoms with Crippen LogP contribution in [0.15, 0.2) is 24.3 Å². The quantitative estimate of drug-likeness (QED) is 0.718. The number of hydrogen-bond acceptors (Lipinski definition) is 6. The van der Waals surface area contributed by atoms with Gasteiger partial charge in [-0.2, -0.15) is 10.2 Å². The van der Waals surface area contributed by atoms with Crippen molar-refractivity contribution in [2.24, 2.45) is 0 Å². The molecule has 0 aliphatic heterocycles. The molecule has 0 fully saturated rings. The molecule has 0 saturated heterocycles. The lowest BCUT2D eigenvalue weighted by molar-refractivity contribution is 0.304. The molecule has 0 spiro atoms. The van der Waals surface area contributed by atoms with Gasteiger partial charge in [-0.25, -0.2) is 4.98 Å². The Morgan fingerprint density at radius 2 is 1.75 bits per heavy atom. The van der Waals surface area contributed by atoms with Gasteiger partial charge >= 0.3 is 0 Å². The van der Waals surface area contributed by atoms with Crippen LogP contribution in [0.1, 0.15) is 44.6 Å². The van der Waals surface area contributed by atoms with E-state index in [0.717, 1.165) is 17.7 Å². The van der Waals surface area contributed by atoms with Crippen LogP contribution >= 0.6 is 0 Å². The summed E-state index contributed by atoms with van der Waals surface area (Å²) in [6, 6.07) is 9.43. The van der Waals surface area contributed by atoms with Gasteiger partial charge in [0.2, 0.25) is 5.95 Å². The zero-order valence-electron chi connectivity index (χ0n) is 14.0. The van der Waals surface area contributed by atoms with E-state index in [-0.39, 0.29) is 17.3 Å². The van der Waals surface area contributed by atoms with E-state index >= 15 is 0 Å². The zero-order chi connectivity index (χ0) is 17.4. The van der Waals surface area contributed by atoms with Crippen LogP contribution in [0.2, 0.25) is 0 Å². The van der Waals surface area contributed by atoms with Crippen molar-refractivity contribution in [2.45, 2.75) is 39.0 Å². The number of ether oxygens (including phenoxy) is 1. The van der Waals surface area contributed by atoms with Crippen molar-refractivity contribution >= 4 is 11.8 Å². The van der Waals surface area contributed by atoms with Crippen LogP contribution in [-0.4, -0.2) is 16.6 Å². The fourth-order valence-electron chi connectivity index (χ4n) is 2.42. The van der Waals surface area contributed by atoms with Gasteiger partial charge in [0.25, 0.3) is 0 Å². The molecule has 24 heavy (non-hydrogen) atoms. The first kappa shape index (κ1) is 17.5. The number of nitrogen functional groups attached to an aromatic ring is 2. The first-order chi connectivity index (χ1) is 11.7. The van der Waals surface area contributed by atoms with Crippen LogP contribution in [0, 0.1) is 11.3 Å². The summed E-state index contributed by atoms with van der Waals surface area (Å²) in [5.74, 6) is 0.934. The maximum absolute atomic E-state index is 9.24. The number of aromatic nitrogens is 2. The highest BCUT2D eigenvalue weighted by atomic mass is 16.5. The van der Waals surface area contributed by atoms with Crippen molar-refractivity contribution in [3.63, 3.8) is 0 Å². The summed E-state index contributed by atoms with van der Waals surface area (Å²) in [4.78, 5) is 7.95. The standard InChI is InChI=1S/C18H23N5O/c1-2-3-4-5-6-11-24-14-9-7-13(8-10-14)16-15(12-19)17(20)23-18(21)22-16/h7-10H,2-6,11H2,1H3,(H4,20,21,22,23). The molecule has 0 aliphatic carbocycles. The van der Waals surface area contributed by atoms with Crippen LogP contribution in [0.4, 0.5) is 11.8 Å². The third-order valence-corrected chi connectivity index (χ3v) is 3.71. The van der Waals surface area contributed by atoms with Gasteiger partial charge in [0.05, 0.1) is 12.3 Å². The van der Waals surface area contributed by atoms with E-state index in [9.17, 15) is 5.26 Å². The van der Waals surface area contributed by atoms with Crippen LogP contribution in [0.5, 0.6) is 5.75 Å². The molecule has 2 rings (SSSR count). The molecule has 0 radical (unpaired) electrons. The minimum Gasteiger partial charge on any atom is -0.494 e. The highest BCUT2D eigenvalue weighted by molar-refractivity contribution is 5.73. The summed E-state index contributed by atoms with van der Waals surface area (Å²) in [7, 11) is 0. The van der Waals surface area contributed by atoms with Crippen molar-refractivity contribution in [2.75, 3.05) is 18.1 Å². The number of nitrogens with two attached hydrogens (primary N) is 2. The second kappa shape index (κ2) is 8.73. The van der Waals surface area contributed by atoms with Crippen LogP contribution < -0.4 is 16.2 Å². The third kappa shape index (κ3) is 4.59. The molecule has 4 N–H and O–H groups in total. The Balaban J connectivity index is 2.01. The number of unbranched alkanes of at least 4 members (excludes halogenated alkanes) is 4. The minimum atomic E-state index is 0.0499. The molecule has 1 aromatic carbocycles. The van der Waals surface area contributed by atoms with Gasteiger partial charge in [0, 0.05) is 5.56 Å². The molecular weight excluding hydrogens is 302 g/mol. The topological polar surface area (TPSA) is 111 Å². The van der Waals surface area contributed by atoms with E-state index in [0.29, 0.717) is 12.3 Å². The molecule has 0 bridgehead atoms. The SMILES string of the molecule is CCCCCCCOc1ccc(-c2nc(N)nc(N)c2C#N)cc1. The Labute approximate surface area is 142 Å². The normalized spacial score (nSPS) is 10.3. The summed E-state index contributed by atoms with van der Waals surface area (Å²) in [6.07, 6.45) is 6.02. The van der Waals surface area contributed by atoms with Gasteiger partial charge in [-0.05, 0) is 30.7 Å². The first-order valence-corrected chi connectivity index (χ1v) is 8.22. The molecule has 2 aromatic rings. The van der Waals surface area contributed by atoms with E-state index in [1.165, 1.54) is 25.7 Å². The van der Waals surface area contributed by atoms with Crippen molar-refractivity contribution in [3.8, 4) is 23.1 Å². The van der Waals surface area contributed by atoms with E-state index in [4.69, 9.17) is 16.2 Å². The second-order valence-corrected chi connectivity index (χ2v) is 5.59. The van der Waals surface area contributed by atoms with Crippen molar-refractivity contribution < 1.29 is 4.74 Å². The lowest BCUT2D eigenvalue weighted by Crippen LogP contribution is -2.05. The summed E-state index contributed by atoms with van der Waals surface area (Å²) >= 11 is 0. The fraction of sp³-hybridized carbons (Fsp3) is 0.389. The van der Waals surface area contributed by atoms with Crippen molar-refractivity contribution in [1.29, 1.82) is 5.26 Å². The minimum absolute atomic E-state index is 0.0499. The predicted molar refractivity (Wildman–Crippen MR) is 95.3 cm³/mol. The third-order valence-electron chi connectivity index (χ3n) is 3.71. The van der Waals surface area contributed by atoms with Gasteiger partial charge in [-0.3, -0.25) is 0 Å². The lowest BCUT2D eigenvalue weighted by Gasteiger charge is -2.09. The van der Waals surface area contributed by atoms with Gasteiger partial charge < -0.3 is 16.2 Å². The molecule has 0 aliphatic rings. The lowest BCUT2D eigenvalue weighted by atomic mass is 10.1. The van der Waals surface area contributed by atoms with Crippen LogP contribution in [0.3, 0.4) is 0 Å². The number of benzene rings is 1. The van der Waals surface area contributed by atoms with E-state index in [1.54, 1.807) is 0 Å². The summed E-state index contributed by atoms with van der Waals surface area (Å²) in [5, 5.41) is 9.24. The van der Waals surface area contributed by atoms with Crippen LogP contribution in [-0.2, 0) is 0 Å². The van der Waals surface area contributed by atoms with Crippen molar-refractivity contribution in [3.05, 3.63) is 29.8 Å². The number of rotatable bonds is 8. The van der Waals surface area contributed by atoms with E-state index in [2.05, 4.69) is 16.9 Å². The van der Waals surface area contributed by atoms with Crippen molar-refractivity contribution in [1.82, 2.24) is 9.97 Å². The molecule has 0 amide bonds. The number of nitriles is 1. The molecule has 0 unspecified atom stereocenters. The average Bonchev–Trinajstić information content (AvgIpc) is 2.58. The number of hydrogen-bond donors (Lipinski definition) is 2. The monoisotopic (exact) mass is 325 g/mol. The fourth-order valence-corrected chi connectivity index (χ4v) is 2.42. The van der Waals surface area contributed by atoms with Gasteiger partial charge in [0.15, 0.2) is 0 Å².